The molecule has 1 rings (SSSR count). The Morgan fingerprint density at radius 1 is 1.43 bits per heavy atom. The molecule has 1 aromatic heterocycles. The third-order valence-electron chi connectivity index (χ3n) is 2.56. The first kappa shape index (κ1) is 17.1. The molecule has 1 unspecified atom stereocenters. The van der Waals surface area contributed by atoms with Gasteiger partial charge in [0.2, 0.25) is 5.91 Å². The molecule has 9 heteroatoms. The fourth-order valence-corrected chi connectivity index (χ4v) is 2.15. The molecule has 1 heterocycles. The maximum atomic E-state index is 11.7. The lowest BCUT2D eigenvalue weighted by Gasteiger charge is -2.11. The Morgan fingerprint density at radius 2 is 2.10 bits per heavy atom. The average Bonchev–Trinajstić information content (AvgIpc) is 2.36. The lowest BCUT2D eigenvalue weighted by Crippen LogP contribution is -2.37. The van der Waals surface area contributed by atoms with Gasteiger partial charge in [-0.1, -0.05) is 0 Å². The van der Waals surface area contributed by atoms with Gasteiger partial charge in [0.05, 0.1) is 35.8 Å². The maximum absolute atomic E-state index is 11.7. The average molecular weight is 315 g/mol. The number of aromatic nitrogens is 1. The molecule has 1 aromatic rings. The highest BCUT2D eigenvalue weighted by Gasteiger charge is 2.16. The van der Waals surface area contributed by atoms with Crippen molar-refractivity contribution in [3.63, 3.8) is 0 Å². The van der Waals surface area contributed by atoms with Crippen molar-refractivity contribution < 1.29 is 23.1 Å². The van der Waals surface area contributed by atoms with Gasteiger partial charge >= 0.3 is 5.97 Å². The largest absolute Gasteiger partial charge is 0.481 e. The predicted octanol–water partition coefficient (Wildman–Crippen LogP) is -0.591. The predicted molar refractivity (Wildman–Crippen MR) is 76.5 cm³/mol. The van der Waals surface area contributed by atoms with Crippen LogP contribution in [-0.4, -0.2) is 48.4 Å². The first-order valence-corrected chi connectivity index (χ1v) is 8.14. The first-order valence-electron chi connectivity index (χ1n) is 6.08. The number of aliphatic carboxylic acids is 1. The van der Waals surface area contributed by atoms with Crippen LogP contribution < -0.4 is 11.1 Å². The monoisotopic (exact) mass is 315 g/mol. The van der Waals surface area contributed by atoms with Gasteiger partial charge in [-0.15, -0.1) is 0 Å². The van der Waals surface area contributed by atoms with E-state index in [1.54, 1.807) is 0 Å². The molecule has 0 aliphatic rings. The Balaban J connectivity index is 2.56. The van der Waals surface area contributed by atoms with Gasteiger partial charge < -0.3 is 16.2 Å². The number of sulfone groups is 1. The number of anilines is 1. The number of carbonyl (C=O) groups is 2. The summed E-state index contributed by atoms with van der Waals surface area (Å²) < 4.78 is 22.0. The zero-order chi connectivity index (χ0) is 16.0. The van der Waals surface area contributed by atoms with Gasteiger partial charge in [0.15, 0.2) is 0 Å². The third kappa shape index (κ3) is 6.82. The van der Waals surface area contributed by atoms with Gasteiger partial charge in [-0.3, -0.25) is 14.6 Å². The van der Waals surface area contributed by atoms with Crippen molar-refractivity contribution in [3.8, 4) is 0 Å². The Bertz CT molecular complexity index is 612. The minimum absolute atomic E-state index is 0.0230. The second kappa shape index (κ2) is 7.14. The number of pyridine rings is 1. The molecule has 21 heavy (non-hydrogen) atoms. The van der Waals surface area contributed by atoms with Crippen molar-refractivity contribution >= 4 is 27.4 Å². The summed E-state index contributed by atoms with van der Waals surface area (Å²) in [6, 6.07) is 2.04. The van der Waals surface area contributed by atoms with Crippen molar-refractivity contribution in [2.24, 2.45) is 5.73 Å². The Labute approximate surface area is 122 Å². The van der Waals surface area contributed by atoms with E-state index >= 15 is 0 Å². The molecule has 0 aromatic carbocycles. The van der Waals surface area contributed by atoms with E-state index in [2.05, 4.69) is 10.3 Å². The summed E-state index contributed by atoms with van der Waals surface area (Å²) in [6.07, 6.45) is 2.21. The van der Waals surface area contributed by atoms with Gasteiger partial charge in [0, 0.05) is 6.26 Å². The summed E-state index contributed by atoms with van der Waals surface area (Å²) in [5, 5.41) is 11.1. The standard InChI is InChI=1S/C12H17N3O5S/c1-21(19,20)5-4-10(13)12(18)15-9-3-2-8(14-7-9)6-11(16)17/h2-3,7,10H,4-6,13H2,1H3,(H,15,18)(H,16,17). The molecule has 0 saturated heterocycles. The van der Waals surface area contributed by atoms with Crippen LogP contribution in [0.15, 0.2) is 18.3 Å². The Kier molecular flexibility index (Phi) is 5.79. The van der Waals surface area contributed by atoms with E-state index in [9.17, 15) is 18.0 Å². The van der Waals surface area contributed by atoms with Crippen molar-refractivity contribution in [2.75, 3.05) is 17.3 Å². The highest BCUT2D eigenvalue weighted by atomic mass is 32.2. The van der Waals surface area contributed by atoms with Crippen LogP contribution in [0, 0.1) is 0 Å². The van der Waals surface area contributed by atoms with Gasteiger partial charge in [0.25, 0.3) is 0 Å². The maximum Gasteiger partial charge on any atom is 0.309 e. The molecule has 0 bridgehead atoms. The molecule has 8 nitrogen and oxygen atoms in total. The minimum Gasteiger partial charge on any atom is -0.481 e. The molecule has 0 saturated carbocycles. The van der Waals surface area contributed by atoms with E-state index in [0.717, 1.165) is 6.26 Å². The topological polar surface area (TPSA) is 139 Å². The molecule has 1 atom stereocenters. The van der Waals surface area contributed by atoms with Crippen molar-refractivity contribution in [3.05, 3.63) is 24.0 Å². The van der Waals surface area contributed by atoms with E-state index in [0.29, 0.717) is 11.4 Å². The number of rotatable bonds is 7. The number of nitrogens with zero attached hydrogens (tertiary/aromatic N) is 1. The number of amides is 1. The van der Waals surface area contributed by atoms with Crippen LogP contribution >= 0.6 is 0 Å². The van der Waals surface area contributed by atoms with Gasteiger partial charge in [-0.05, 0) is 18.6 Å². The fourth-order valence-electron chi connectivity index (χ4n) is 1.47. The number of nitrogens with two attached hydrogens (primary N) is 1. The number of carboxylic acid groups (broad SMARTS) is 1. The first-order chi connectivity index (χ1) is 9.67. The van der Waals surface area contributed by atoms with Gasteiger partial charge in [-0.2, -0.15) is 0 Å². The van der Waals surface area contributed by atoms with Gasteiger partial charge in [-0.25, -0.2) is 8.42 Å². The molecule has 0 radical (unpaired) electrons. The number of carboxylic acids is 1. The summed E-state index contributed by atoms with van der Waals surface area (Å²) >= 11 is 0. The highest BCUT2D eigenvalue weighted by Crippen LogP contribution is 2.08. The van der Waals surface area contributed by atoms with Crippen LogP contribution in [0.2, 0.25) is 0 Å². The third-order valence-corrected chi connectivity index (χ3v) is 3.54. The summed E-state index contributed by atoms with van der Waals surface area (Å²) in [5.41, 5.74) is 6.32. The number of carbonyl (C=O) groups excluding carboxylic acids is 1. The smallest absolute Gasteiger partial charge is 0.309 e. The summed E-state index contributed by atoms with van der Waals surface area (Å²) in [7, 11) is -3.17. The van der Waals surface area contributed by atoms with E-state index in [4.69, 9.17) is 10.8 Å². The summed E-state index contributed by atoms with van der Waals surface area (Å²) in [6.45, 7) is 0. The minimum atomic E-state index is -3.17. The molecule has 0 aliphatic heterocycles. The van der Waals surface area contributed by atoms with Crippen molar-refractivity contribution in [1.29, 1.82) is 0 Å². The Hall–Kier alpha value is -2.00. The summed E-state index contributed by atoms with van der Waals surface area (Å²) in [4.78, 5) is 26.1. The second-order valence-corrected chi connectivity index (χ2v) is 6.88. The van der Waals surface area contributed by atoms with Crippen LogP contribution in [0.1, 0.15) is 12.1 Å². The zero-order valence-corrected chi connectivity index (χ0v) is 12.3. The van der Waals surface area contributed by atoms with E-state index in [1.807, 2.05) is 0 Å². The molecule has 0 spiro atoms. The molecule has 0 fully saturated rings. The molecule has 0 aliphatic carbocycles. The van der Waals surface area contributed by atoms with Crippen LogP contribution in [-0.2, 0) is 25.8 Å². The second-order valence-electron chi connectivity index (χ2n) is 4.62. The SMILES string of the molecule is CS(=O)(=O)CCC(N)C(=O)Nc1ccc(CC(=O)O)nc1. The lowest BCUT2D eigenvalue weighted by atomic mass is 10.2. The molecule has 116 valence electrons. The molecule has 1 amide bonds. The van der Waals surface area contributed by atoms with E-state index in [-0.39, 0.29) is 18.6 Å². The highest BCUT2D eigenvalue weighted by molar-refractivity contribution is 7.90. The van der Waals surface area contributed by atoms with Crippen molar-refractivity contribution in [2.45, 2.75) is 18.9 Å². The van der Waals surface area contributed by atoms with Crippen LogP contribution in [0.3, 0.4) is 0 Å². The van der Waals surface area contributed by atoms with Crippen molar-refractivity contribution in [1.82, 2.24) is 4.98 Å². The number of hydrogen-bond donors (Lipinski definition) is 3. The number of hydrogen-bond acceptors (Lipinski definition) is 6. The molecule has 4 N–H and O–H groups in total. The zero-order valence-electron chi connectivity index (χ0n) is 11.4. The van der Waals surface area contributed by atoms with E-state index < -0.39 is 27.8 Å². The molecular formula is C12H17N3O5S. The normalized spacial score (nSPS) is 12.7. The lowest BCUT2D eigenvalue weighted by molar-refractivity contribution is -0.136. The quantitative estimate of drug-likeness (QED) is 0.611. The van der Waals surface area contributed by atoms with Gasteiger partial charge in [0.1, 0.15) is 9.84 Å². The van der Waals surface area contributed by atoms with Crippen LogP contribution in [0.25, 0.3) is 0 Å². The molecular weight excluding hydrogens is 298 g/mol. The fraction of sp³-hybridized carbons (Fsp3) is 0.417. The van der Waals surface area contributed by atoms with E-state index in [1.165, 1.54) is 18.3 Å². The Morgan fingerprint density at radius 3 is 2.57 bits per heavy atom. The number of nitrogens with one attached hydrogen (secondary N) is 1. The van der Waals surface area contributed by atoms with Crippen LogP contribution in [0.4, 0.5) is 5.69 Å². The van der Waals surface area contributed by atoms with Crippen LogP contribution in [0.5, 0.6) is 0 Å². The summed E-state index contributed by atoms with van der Waals surface area (Å²) in [5.74, 6) is -1.69.